The van der Waals surface area contributed by atoms with Gasteiger partial charge < -0.3 is 14.6 Å². The molecule has 8 heteroatoms. The van der Waals surface area contributed by atoms with Gasteiger partial charge in [0.2, 0.25) is 16.2 Å². The molecule has 1 atom stereocenters. The fourth-order valence-electron chi connectivity index (χ4n) is 3.00. The Labute approximate surface area is 149 Å². The van der Waals surface area contributed by atoms with Crippen LogP contribution in [-0.4, -0.2) is 33.8 Å². The molecule has 0 bridgehead atoms. The minimum Gasteiger partial charge on any atom is -0.467 e. The number of amides is 1. The van der Waals surface area contributed by atoms with Gasteiger partial charge in [0.05, 0.1) is 18.7 Å². The van der Waals surface area contributed by atoms with Crippen LogP contribution in [0.2, 0.25) is 0 Å². The van der Waals surface area contributed by atoms with Crippen LogP contribution in [0.5, 0.6) is 0 Å². The maximum Gasteiger partial charge on any atom is 0.225 e. The van der Waals surface area contributed by atoms with Gasteiger partial charge in [-0.2, -0.15) is 0 Å². The van der Waals surface area contributed by atoms with Crippen molar-refractivity contribution in [3.05, 3.63) is 48.7 Å². The summed E-state index contributed by atoms with van der Waals surface area (Å²) in [6, 6.07) is 7.60. The van der Waals surface area contributed by atoms with Crippen LogP contribution < -0.4 is 10.2 Å². The Morgan fingerprint density at radius 2 is 2.12 bits per heavy atom. The Morgan fingerprint density at radius 3 is 2.92 bits per heavy atom. The Balaban J connectivity index is 1.38. The molecule has 1 saturated heterocycles. The lowest BCUT2D eigenvalue weighted by molar-refractivity contribution is -0.125. The molecule has 1 aliphatic heterocycles. The number of anilines is 1. The summed E-state index contributed by atoms with van der Waals surface area (Å²) in [5.41, 5.74) is 0. The summed E-state index contributed by atoms with van der Waals surface area (Å²) in [7, 11) is 0. The van der Waals surface area contributed by atoms with Crippen LogP contribution in [0.25, 0.3) is 5.13 Å². The van der Waals surface area contributed by atoms with Crippen molar-refractivity contribution in [2.75, 3.05) is 18.0 Å². The zero-order chi connectivity index (χ0) is 17.1. The van der Waals surface area contributed by atoms with Crippen molar-refractivity contribution in [2.45, 2.75) is 19.4 Å². The molecule has 4 heterocycles. The number of furan rings is 1. The van der Waals surface area contributed by atoms with E-state index in [1.165, 1.54) is 0 Å². The van der Waals surface area contributed by atoms with E-state index in [9.17, 15) is 4.79 Å². The van der Waals surface area contributed by atoms with E-state index >= 15 is 0 Å². The molecule has 0 aliphatic carbocycles. The Bertz CT molecular complexity index is 812. The number of hydrogen-bond donors (Lipinski definition) is 1. The molecule has 25 heavy (non-hydrogen) atoms. The first-order valence-corrected chi connectivity index (χ1v) is 9.13. The number of nitrogens with one attached hydrogen (secondary N) is 1. The van der Waals surface area contributed by atoms with Crippen molar-refractivity contribution in [1.29, 1.82) is 0 Å². The number of rotatable bonds is 5. The van der Waals surface area contributed by atoms with Gasteiger partial charge in [0.25, 0.3) is 0 Å². The van der Waals surface area contributed by atoms with Gasteiger partial charge in [-0.1, -0.05) is 11.3 Å². The van der Waals surface area contributed by atoms with Crippen LogP contribution in [0.15, 0.2) is 47.3 Å². The quantitative estimate of drug-likeness (QED) is 0.759. The highest BCUT2D eigenvalue weighted by molar-refractivity contribution is 7.17. The molecular weight excluding hydrogens is 338 g/mol. The van der Waals surface area contributed by atoms with E-state index in [0.717, 1.165) is 35.4 Å². The highest BCUT2D eigenvalue weighted by Crippen LogP contribution is 2.27. The minimum atomic E-state index is -0.0392. The van der Waals surface area contributed by atoms with Crippen LogP contribution in [0.3, 0.4) is 0 Å². The molecule has 0 aromatic carbocycles. The molecular formula is C17H19N5O2S. The summed E-state index contributed by atoms with van der Waals surface area (Å²) >= 11 is 1.54. The second-order valence-corrected chi connectivity index (χ2v) is 6.97. The predicted octanol–water partition coefficient (Wildman–Crippen LogP) is 2.45. The van der Waals surface area contributed by atoms with E-state index in [-0.39, 0.29) is 11.8 Å². The van der Waals surface area contributed by atoms with E-state index in [1.54, 1.807) is 17.6 Å². The number of piperidine rings is 1. The molecule has 1 N–H and O–H groups in total. The number of nitrogens with zero attached hydrogens (tertiary/aromatic N) is 4. The van der Waals surface area contributed by atoms with Gasteiger partial charge in [-0.05, 0) is 37.1 Å². The third-order valence-corrected chi connectivity index (χ3v) is 5.31. The second kappa shape index (κ2) is 7.10. The SMILES string of the molecule is O=C(NCc1ccco1)C1CCCN(c2nnc(-n3cccc3)s2)C1. The van der Waals surface area contributed by atoms with E-state index in [0.29, 0.717) is 13.1 Å². The smallest absolute Gasteiger partial charge is 0.225 e. The average molecular weight is 357 g/mol. The molecule has 1 amide bonds. The first-order chi connectivity index (χ1) is 12.3. The lowest BCUT2D eigenvalue weighted by atomic mass is 9.97. The summed E-state index contributed by atoms with van der Waals surface area (Å²) in [6.45, 7) is 2.01. The maximum atomic E-state index is 12.4. The monoisotopic (exact) mass is 357 g/mol. The number of carbonyl (C=O) groups excluding carboxylic acids is 1. The van der Waals surface area contributed by atoms with E-state index in [4.69, 9.17) is 4.42 Å². The molecule has 4 rings (SSSR count). The zero-order valence-corrected chi connectivity index (χ0v) is 14.5. The molecule has 3 aromatic rings. The molecule has 3 aromatic heterocycles. The number of hydrogen-bond acceptors (Lipinski definition) is 6. The summed E-state index contributed by atoms with van der Waals surface area (Å²) in [4.78, 5) is 14.6. The molecule has 1 aliphatic rings. The third kappa shape index (κ3) is 3.58. The van der Waals surface area contributed by atoms with Gasteiger partial charge in [0.15, 0.2) is 0 Å². The molecule has 7 nitrogen and oxygen atoms in total. The van der Waals surface area contributed by atoms with Crippen molar-refractivity contribution in [3.63, 3.8) is 0 Å². The summed E-state index contributed by atoms with van der Waals surface area (Å²) in [5, 5.41) is 13.2. The van der Waals surface area contributed by atoms with Crippen molar-refractivity contribution in [3.8, 4) is 5.13 Å². The molecule has 0 saturated carbocycles. The maximum absolute atomic E-state index is 12.4. The third-order valence-electron chi connectivity index (χ3n) is 4.31. The van der Waals surface area contributed by atoms with Gasteiger partial charge in [-0.15, -0.1) is 10.2 Å². The van der Waals surface area contributed by atoms with Gasteiger partial charge in [-0.25, -0.2) is 0 Å². The number of carbonyl (C=O) groups is 1. The number of aromatic nitrogens is 3. The van der Waals surface area contributed by atoms with Gasteiger partial charge >= 0.3 is 0 Å². The van der Waals surface area contributed by atoms with Crippen LogP contribution >= 0.6 is 11.3 Å². The average Bonchev–Trinajstić information content (AvgIpc) is 3.41. The second-order valence-electron chi connectivity index (χ2n) is 6.04. The van der Waals surface area contributed by atoms with E-state index < -0.39 is 0 Å². The van der Waals surface area contributed by atoms with Crippen molar-refractivity contribution in [2.24, 2.45) is 5.92 Å². The lowest BCUT2D eigenvalue weighted by Crippen LogP contribution is -2.42. The zero-order valence-electron chi connectivity index (χ0n) is 13.7. The van der Waals surface area contributed by atoms with Gasteiger partial charge in [0, 0.05) is 25.5 Å². The van der Waals surface area contributed by atoms with E-state index in [2.05, 4.69) is 20.4 Å². The topological polar surface area (TPSA) is 76.2 Å². The Hall–Kier alpha value is -2.61. The summed E-state index contributed by atoms with van der Waals surface area (Å²) < 4.78 is 7.20. The normalized spacial score (nSPS) is 17.6. The Morgan fingerprint density at radius 1 is 1.28 bits per heavy atom. The summed E-state index contributed by atoms with van der Waals surface area (Å²) in [5.74, 6) is 0.792. The highest BCUT2D eigenvalue weighted by atomic mass is 32.1. The minimum absolute atomic E-state index is 0.0392. The molecule has 1 fully saturated rings. The van der Waals surface area contributed by atoms with Crippen molar-refractivity contribution in [1.82, 2.24) is 20.1 Å². The van der Waals surface area contributed by atoms with E-state index in [1.807, 2.05) is 41.2 Å². The van der Waals surface area contributed by atoms with Crippen LogP contribution in [0.4, 0.5) is 5.13 Å². The lowest BCUT2D eigenvalue weighted by Gasteiger charge is -2.31. The fraction of sp³-hybridized carbons (Fsp3) is 0.353. The van der Waals surface area contributed by atoms with Gasteiger partial charge in [-0.3, -0.25) is 9.36 Å². The molecule has 0 radical (unpaired) electrons. The molecule has 0 spiro atoms. The summed E-state index contributed by atoms with van der Waals surface area (Å²) in [6.07, 6.45) is 7.37. The Kier molecular flexibility index (Phi) is 4.51. The van der Waals surface area contributed by atoms with Crippen LogP contribution in [0.1, 0.15) is 18.6 Å². The first-order valence-electron chi connectivity index (χ1n) is 8.31. The predicted molar refractivity (Wildman–Crippen MR) is 94.7 cm³/mol. The van der Waals surface area contributed by atoms with Crippen molar-refractivity contribution >= 4 is 22.4 Å². The highest BCUT2D eigenvalue weighted by Gasteiger charge is 2.27. The fourth-order valence-corrected chi connectivity index (χ4v) is 3.85. The molecule has 1 unspecified atom stereocenters. The van der Waals surface area contributed by atoms with Gasteiger partial charge in [0.1, 0.15) is 5.76 Å². The standard InChI is InChI=1S/C17H19N5O2S/c23-15(18-11-14-6-4-10-24-14)13-5-3-9-22(12-13)17-20-19-16(25-17)21-7-1-2-8-21/h1-2,4,6-8,10,13H,3,5,9,11-12H2,(H,18,23). The largest absolute Gasteiger partial charge is 0.467 e. The first kappa shape index (κ1) is 15.9. The molecule has 130 valence electrons. The van der Waals surface area contributed by atoms with Crippen LogP contribution in [-0.2, 0) is 11.3 Å². The van der Waals surface area contributed by atoms with Crippen LogP contribution in [0, 0.1) is 5.92 Å². The van der Waals surface area contributed by atoms with Crippen molar-refractivity contribution < 1.29 is 9.21 Å².